The second-order valence-corrected chi connectivity index (χ2v) is 12.0. The van der Waals surface area contributed by atoms with Gasteiger partial charge in [0.05, 0.1) is 0 Å². The monoisotopic (exact) mass is 620 g/mol. The van der Waals surface area contributed by atoms with Crippen LogP contribution >= 0.6 is 11.6 Å². The molecular weight excluding hydrogens is 575 g/mol. The Morgan fingerprint density at radius 1 is 1.09 bits per heavy atom. The van der Waals surface area contributed by atoms with Crippen molar-refractivity contribution < 1.29 is 18.4 Å². The van der Waals surface area contributed by atoms with Gasteiger partial charge in [-0.05, 0) is 92.8 Å². The number of allylic oxidation sites excluding steroid dienone is 3. The Morgan fingerprint density at radius 3 is 2.52 bits per heavy atom. The van der Waals surface area contributed by atoms with Crippen molar-refractivity contribution in [3.05, 3.63) is 94.5 Å². The minimum Gasteiger partial charge on any atom is -0.453 e. The van der Waals surface area contributed by atoms with Gasteiger partial charge in [-0.3, -0.25) is 14.6 Å². The molecule has 7 heteroatoms. The van der Waals surface area contributed by atoms with Crippen LogP contribution < -0.4 is 0 Å². The minimum atomic E-state index is -0.360. The molecule has 0 fully saturated rings. The molecule has 0 saturated heterocycles. The number of ketones is 1. The maximum absolute atomic E-state index is 13.8. The lowest BCUT2D eigenvalue weighted by molar-refractivity contribution is -0.124. The summed E-state index contributed by atoms with van der Waals surface area (Å²) in [4.78, 5) is 33.2. The van der Waals surface area contributed by atoms with Crippen LogP contribution in [0.5, 0.6) is 0 Å². The van der Waals surface area contributed by atoms with Crippen LogP contribution in [0.25, 0.3) is 11.0 Å². The fourth-order valence-corrected chi connectivity index (χ4v) is 5.85. The molecule has 2 unspecified atom stereocenters. The van der Waals surface area contributed by atoms with Crippen molar-refractivity contribution in [3.8, 4) is 0 Å². The molecule has 0 aliphatic rings. The second kappa shape index (κ2) is 17.1. The lowest BCUT2D eigenvalue weighted by Gasteiger charge is -2.27. The largest absolute Gasteiger partial charge is 0.453 e. The fraction of sp³-hybridized carbons (Fsp3) is 0.432. The summed E-state index contributed by atoms with van der Waals surface area (Å²) < 4.78 is 19.7. The lowest BCUT2D eigenvalue weighted by atomic mass is 9.88. The van der Waals surface area contributed by atoms with E-state index in [9.17, 15) is 14.0 Å². The molecule has 0 radical (unpaired) electrons. The van der Waals surface area contributed by atoms with Gasteiger partial charge in [-0.2, -0.15) is 0 Å². The number of carbonyl (C=O) groups excluding carboxylic acids is 2. The van der Waals surface area contributed by atoms with Crippen molar-refractivity contribution in [1.82, 2.24) is 4.90 Å². The Bertz CT molecular complexity index is 1510. The van der Waals surface area contributed by atoms with Gasteiger partial charge in [0, 0.05) is 42.0 Å². The predicted octanol–water partition coefficient (Wildman–Crippen LogP) is 9.46. The van der Waals surface area contributed by atoms with Gasteiger partial charge in [-0.1, -0.05) is 69.7 Å². The molecular formula is C37H46ClFN2O3. The Morgan fingerprint density at radius 2 is 1.86 bits per heavy atom. The zero-order chi connectivity index (χ0) is 32.2. The molecule has 0 aliphatic heterocycles. The second-order valence-electron chi connectivity index (χ2n) is 11.6. The highest BCUT2D eigenvalue weighted by Crippen LogP contribution is 2.30. The van der Waals surface area contributed by atoms with Gasteiger partial charge in [-0.15, -0.1) is 0 Å². The average molecular weight is 621 g/mol. The van der Waals surface area contributed by atoms with E-state index in [-0.39, 0.29) is 29.3 Å². The van der Waals surface area contributed by atoms with Crippen LogP contribution in [-0.2, 0) is 11.2 Å². The number of carbonyl (C=O) groups is 2. The molecule has 0 aliphatic carbocycles. The van der Waals surface area contributed by atoms with Crippen LogP contribution in [0.15, 0.2) is 76.2 Å². The topological polar surface area (TPSA) is 62.9 Å². The van der Waals surface area contributed by atoms with Crippen LogP contribution in [0.2, 0.25) is 5.02 Å². The maximum Gasteiger partial charge on any atom is 0.271 e. The van der Waals surface area contributed by atoms with Crippen molar-refractivity contribution in [2.45, 2.75) is 66.7 Å². The molecule has 3 rings (SSSR count). The normalized spacial score (nSPS) is 14.4. The molecule has 0 spiro atoms. The van der Waals surface area contributed by atoms with Gasteiger partial charge in [0.2, 0.25) is 5.78 Å². The Labute approximate surface area is 266 Å². The summed E-state index contributed by atoms with van der Waals surface area (Å²) in [5.74, 6) is -0.105. The number of nitrogens with zero attached hydrogens (tertiary/aromatic N) is 2. The smallest absolute Gasteiger partial charge is 0.271 e. The van der Waals surface area contributed by atoms with E-state index in [1.165, 1.54) is 17.7 Å². The molecule has 1 amide bonds. The summed E-state index contributed by atoms with van der Waals surface area (Å²) in [6.07, 6.45) is 11.7. The van der Waals surface area contributed by atoms with Crippen LogP contribution in [0.1, 0.15) is 75.1 Å². The van der Waals surface area contributed by atoms with E-state index in [1.54, 1.807) is 26.1 Å². The van der Waals surface area contributed by atoms with Gasteiger partial charge in [-0.25, -0.2) is 4.39 Å². The highest BCUT2D eigenvalue weighted by molar-refractivity contribution is 6.43. The number of hydrogen-bond acceptors (Lipinski definition) is 4. The van der Waals surface area contributed by atoms with E-state index in [0.717, 1.165) is 24.3 Å². The van der Waals surface area contributed by atoms with Gasteiger partial charge < -0.3 is 9.32 Å². The zero-order valence-corrected chi connectivity index (χ0v) is 27.7. The number of amides is 1. The third kappa shape index (κ3) is 9.49. The maximum atomic E-state index is 13.8. The first-order valence-electron chi connectivity index (χ1n) is 15.7. The lowest BCUT2D eigenvalue weighted by Crippen LogP contribution is -2.40. The summed E-state index contributed by atoms with van der Waals surface area (Å²) >= 11 is 6.15. The highest BCUT2D eigenvalue weighted by atomic mass is 35.5. The first kappa shape index (κ1) is 35.0. The quantitative estimate of drug-likeness (QED) is 0.0910. The van der Waals surface area contributed by atoms with E-state index < -0.39 is 0 Å². The summed E-state index contributed by atoms with van der Waals surface area (Å²) in [5.41, 5.74) is 2.77. The summed E-state index contributed by atoms with van der Waals surface area (Å²) in [5, 5.41) is 1.36. The Kier molecular flexibility index (Phi) is 13.6. The third-order valence-electron chi connectivity index (χ3n) is 8.11. The number of hydrogen-bond donors (Lipinski definition) is 0. The van der Waals surface area contributed by atoms with E-state index >= 15 is 0 Å². The van der Waals surface area contributed by atoms with Crippen LogP contribution in [0, 0.1) is 30.5 Å². The first-order chi connectivity index (χ1) is 21.1. The molecule has 0 N–H and O–H groups in total. The van der Waals surface area contributed by atoms with Gasteiger partial charge in [0.15, 0.2) is 5.76 Å². The summed E-state index contributed by atoms with van der Waals surface area (Å²) in [6, 6.07) is 12.2. The number of rotatable bonds is 16. The van der Waals surface area contributed by atoms with Crippen LogP contribution in [-0.4, -0.2) is 42.4 Å². The SMILES string of the molecule is CCCN(C[C@H](C)CC(CC)C(=O)c1oc2ccc(F)cc2c1C)C(=O)C(/C=C/C=C/C(CC)Cc1cccc(Cl)c1)=NC. The summed E-state index contributed by atoms with van der Waals surface area (Å²) in [7, 11) is 1.64. The molecule has 44 heavy (non-hydrogen) atoms. The standard InChI is InChI=1S/C37H46ClFN2O3/c1-7-19-41(37(43)33(40-6)16-11-10-13-27(8-2)21-28-14-12-15-30(38)22-28)24-25(4)20-29(9-3)35(42)36-26(5)32-23-31(39)17-18-34(32)44-36/h10-18,22-23,25,27,29H,7-9,19-21,24H2,1-6H3/b13-10+,16-11+,40-33?/t25-,27?,29?/m1/s1. The molecule has 0 saturated carbocycles. The summed E-state index contributed by atoms with van der Waals surface area (Å²) in [6.45, 7) is 11.2. The van der Waals surface area contributed by atoms with Crippen molar-refractivity contribution in [3.63, 3.8) is 0 Å². The van der Waals surface area contributed by atoms with Crippen molar-refractivity contribution >= 4 is 40.0 Å². The molecule has 5 nitrogen and oxygen atoms in total. The van der Waals surface area contributed by atoms with Crippen molar-refractivity contribution in [1.29, 1.82) is 0 Å². The molecule has 3 aromatic rings. The highest BCUT2D eigenvalue weighted by Gasteiger charge is 2.28. The number of aliphatic imine (C=N–C) groups is 1. The van der Waals surface area contributed by atoms with E-state index in [0.29, 0.717) is 59.9 Å². The average Bonchev–Trinajstić information content (AvgIpc) is 3.33. The molecule has 236 valence electrons. The predicted molar refractivity (Wildman–Crippen MR) is 180 cm³/mol. The van der Waals surface area contributed by atoms with Gasteiger partial charge in [0.1, 0.15) is 17.1 Å². The number of fused-ring (bicyclic) bond motifs is 1. The number of furan rings is 1. The number of Topliss-reactive ketones (excluding diaryl/α,β-unsaturated/α-hetero) is 1. The molecule has 0 bridgehead atoms. The van der Waals surface area contributed by atoms with Crippen molar-refractivity contribution in [2.24, 2.45) is 22.7 Å². The van der Waals surface area contributed by atoms with E-state index in [4.69, 9.17) is 16.0 Å². The molecule has 2 aromatic carbocycles. The number of halogens is 2. The number of benzene rings is 2. The van der Waals surface area contributed by atoms with Crippen molar-refractivity contribution in [2.75, 3.05) is 20.1 Å². The fourth-order valence-electron chi connectivity index (χ4n) is 5.64. The Hall–Kier alpha value is -3.51. The van der Waals surface area contributed by atoms with Gasteiger partial charge in [0.25, 0.3) is 5.91 Å². The zero-order valence-electron chi connectivity index (χ0n) is 26.9. The Balaban J connectivity index is 1.64. The van der Waals surface area contributed by atoms with E-state index in [1.807, 2.05) is 49.1 Å². The first-order valence-corrected chi connectivity index (χ1v) is 16.1. The minimum absolute atomic E-state index is 0.0697. The molecule has 1 heterocycles. The molecule has 3 atom stereocenters. The molecule has 1 aromatic heterocycles. The van der Waals surface area contributed by atoms with E-state index in [2.05, 4.69) is 31.0 Å². The van der Waals surface area contributed by atoms with Crippen LogP contribution in [0.3, 0.4) is 0 Å². The van der Waals surface area contributed by atoms with Gasteiger partial charge >= 0.3 is 0 Å². The van der Waals surface area contributed by atoms with Crippen LogP contribution in [0.4, 0.5) is 4.39 Å². The number of aryl methyl sites for hydroxylation is 1. The third-order valence-corrected chi connectivity index (χ3v) is 8.34.